The number of halogens is 1. The highest BCUT2D eigenvalue weighted by atomic mass is 19.1. The van der Waals surface area contributed by atoms with Crippen molar-refractivity contribution in [2.24, 2.45) is 17.3 Å². The van der Waals surface area contributed by atoms with Crippen molar-refractivity contribution in [2.45, 2.75) is 97.0 Å². The number of nitrogens with one attached hydrogen (secondary N) is 2. The zero-order chi connectivity index (χ0) is 42.5. The molecule has 1 unspecified atom stereocenters. The Balaban J connectivity index is 1.38. The molecular weight excluding hydrogens is 754 g/mol. The van der Waals surface area contributed by atoms with Gasteiger partial charge in [0.05, 0.1) is 39.0 Å². The summed E-state index contributed by atoms with van der Waals surface area (Å²) >= 11 is 0. The number of likely N-dealkylation sites (N-methyl/N-ethyl adjacent to an activating group) is 1. The molecule has 2 N–H and O–H groups in total. The van der Waals surface area contributed by atoms with E-state index in [2.05, 4.69) is 24.5 Å². The SMILES string of the molecule is CCN1CCN(C(=O)NC(C(=O)N[C@@H](Cc2ccc(F)c(C(=O)OC(C)(C)C)c2OC)B2O[C@@H]3C[C@@H]4C[C@@H](C4(C)C)[C@]3(C)O2)c2ccc(OC)c(OC)c2)C(=O)C1=O. The number of esters is 1. The van der Waals surface area contributed by atoms with Crippen LogP contribution in [0.3, 0.4) is 0 Å². The molecule has 0 spiro atoms. The molecule has 2 aromatic rings. The summed E-state index contributed by atoms with van der Waals surface area (Å²) in [6, 6.07) is 4.82. The summed E-state index contributed by atoms with van der Waals surface area (Å²) < 4.78 is 51.0. The van der Waals surface area contributed by atoms with Gasteiger partial charge < -0.3 is 43.8 Å². The Morgan fingerprint density at radius 2 is 1.67 bits per heavy atom. The van der Waals surface area contributed by atoms with Crippen molar-refractivity contribution in [3.05, 3.63) is 52.8 Å². The van der Waals surface area contributed by atoms with Crippen molar-refractivity contribution in [1.82, 2.24) is 20.4 Å². The minimum absolute atomic E-state index is 0.00890. The van der Waals surface area contributed by atoms with Crippen molar-refractivity contribution in [3.63, 3.8) is 0 Å². The van der Waals surface area contributed by atoms with Gasteiger partial charge in [0.1, 0.15) is 28.8 Å². The number of urea groups is 1. The van der Waals surface area contributed by atoms with Gasteiger partial charge in [-0.25, -0.2) is 14.0 Å². The smallest absolute Gasteiger partial charge is 0.482 e. The Morgan fingerprint density at radius 1 is 0.966 bits per heavy atom. The number of benzene rings is 2. The minimum atomic E-state index is -1.46. The number of hydrogen-bond acceptors (Lipinski definition) is 11. The largest absolute Gasteiger partial charge is 0.495 e. The van der Waals surface area contributed by atoms with Gasteiger partial charge in [-0.1, -0.05) is 26.0 Å². The van der Waals surface area contributed by atoms with Crippen LogP contribution in [-0.2, 0) is 34.9 Å². The maximum Gasteiger partial charge on any atom is 0.482 e. The topological polar surface area (TPSA) is 171 Å². The van der Waals surface area contributed by atoms with Crippen LogP contribution in [0.2, 0.25) is 0 Å². The van der Waals surface area contributed by atoms with Crippen molar-refractivity contribution in [2.75, 3.05) is 41.0 Å². The highest BCUT2D eigenvalue weighted by Crippen LogP contribution is 2.65. The molecule has 5 aliphatic rings. The molecule has 0 aromatic heterocycles. The zero-order valence-corrected chi connectivity index (χ0v) is 34.9. The number of rotatable bonds is 12. The third kappa shape index (κ3) is 7.82. The molecule has 5 amide bonds. The number of carbonyl (C=O) groups is 5. The molecule has 2 heterocycles. The van der Waals surface area contributed by atoms with Crippen molar-refractivity contribution < 1.29 is 56.6 Å². The van der Waals surface area contributed by atoms with Crippen LogP contribution in [0, 0.1) is 23.1 Å². The fraction of sp³-hybridized carbons (Fsp3) is 0.585. The van der Waals surface area contributed by atoms with Gasteiger partial charge in [0.15, 0.2) is 11.5 Å². The molecule has 7 rings (SSSR count). The lowest BCUT2D eigenvalue weighted by Gasteiger charge is -2.64. The number of carbonyl (C=O) groups excluding carboxylic acids is 5. The van der Waals surface area contributed by atoms with E-state index in [1.54, 1.807) is 39.8 Å². The molecule has 3 saturated carbocycles. The van der Waals surface area contributed by atoms with E-state index in [1.165, 1.54) is 38.4 Å². The second-order valence-corrected chi connectivity index (χ2v) is 17.1. The van der Waals surface area contributed by atoms with E-state index < -0.39 is 71.4 Å². The lowest BCUT2D eigenvalue weighted by molar-refractivity contribution is -0.199. The minimum Gasteiger partial charge on any atom is -0.495 e. The molecule has 3 aliphatic carbocycles. The number of ether oxygens (including phenoxy) is 4. The van der Waals surface area contributed by atoms with E-state index in [-0.39, 0.29) is 54.0 Å². The Kier molecular flexibility index (Phi) is 11.8. The van der Waals surface area contributed by atoms with Crippen LogP contribution in [0.1, 0.15) is 88.8 Å². The maximum atomic E-state index is 15.4. The first-order valence-corrected chi connectivity index (χ1v) is 19.6. The maximum absolute atomic E-state index is 15.4. The molecule has 2 aromatic carbocycles. The molecule has 314 valence electrons. The number of hydrogen-bond donors (Lipinski definition) is 2. The van der Waals surface area contributed by atoms with Crippen LogP contribution in [0.25, 0.3) is 0 Å². The molecule has 2 aliphatic heterocycles. The average Bonchev–Trinajstić information content (AvgIpc) is 3.54. The lowest BCUT2D eigenvalue weighted by atomic mass is 9.43. The quantitative estimate of drug-likeness (QED) is 0.179. The average molecular weight is 809 g/mol. The predicted octanol–water partition coefficient (Wildman–Crippen LogP) is 4.24. The Labute approximate surface area is 338 Å². The van der Waals surface area contributed by atoms with Crippen LogP contribution < -0.4 is 24.8 Å². The standard InChI is InChI=1S/C41H54BFN4O11/c1-11-46-16-17-47(36(50)35(46)49)38(52)45-32(22-13-15-26(53-8)27(18-22)54-9)34(48)44-30(42-57-29-21-24-20-28(40(24,5)6)41(29,7)58-42)19-23-12-14-25(43)31(33(23)55-10)37(51)56-39(2,3)4/h12-15,18,24,28-30,32H,11,16-17,19-21H2,1-10H3,(H,44,48)(H,45,52)/t24-,28-,29+,30-,32?,41-/m0/s1. The molecule has 2 bridgehead atoms. The van der Waals surface area contributed by atoms with Gasteiger partial charge in [-0.3, -0.25) is 19.3 Å². The van der Waals surface area contributed by atoms with Gasteiger partial charge in [0.2, 0.25) is 5.91 Å². The van der Waals surface area contributed by atoms with E-state index >= 15 is 4.39 Å². The molecule has 15 nitrogen and oxygen atoms in total. The number of amides is 5. The fourth-order valence-electron chi connectivity index (χ4n) is 9.01. The van der Waals surface area contributed by atoms with Gasteiger partial charge in [-0.05, 0) is 100 Å². The zero-order valence-electron chi connectivity index (χ0n) is 34.9. The summed E-state index contributed by atoms with van der Waals surface area (Å²) in [5.41, 5.74) is -1.42. The number of imide groups is 1. The van der Waals surface area contributed by atoms with Crippen LogP contribution in [0.4, 0.5) is 9.18 Å². The molecule has 5 fully saturated rings. The van der Waals surface area contributed by atoms with Gasteiger partial charge >= 0.3 is 30.9 Å². The third-order valence-corrected chi connectivity index (χ3v) is 12.3. The van der Waals surface area contributed by atoms with Gasteiger partial charge in [0, 0.05) is 19.6 Å². The highest BCUT2D eigenvalue weighted by molar-refractivity contribution is 6.48. The molecule has 6 atom stereocenters. The van der Waals surface area contributed by atoms with Crippen LogP contribution in [0.5, 0.6) is 17.2 Å². The van der Waals surface area contributed by atoms with Gasteiger partial charge in [-0.15, -0.1) is 0 Å². The molecule has 2 saturated heterocycles. The van der Waals surface area contributed by atoms with Crippen molar-refractivity contribution in [3.8, 4) is 17.2 Å². The molecule has 58 heavy (non-hydrogen) atoms. The van der Waals surface area contributed by atoms with E-state index in [0.29, 0.717) is 23.8 Å². The van der Waals surface area contributed by atoms with E-state index in [1.807, 2.05) is 6.92 Å². The molecule has 17 heteroatoms. The predicted molar refractivity (Wildman–Crippen MR) is 209 cm³/mol. The number of piperazine rings is 1. The van der Waals surface area contributed by atoms with E-state index in [0.717, 1.165) is 23.8 Å². The number of methoxy groups -OCH3 is 3. The van der Waals surface area contributed by atoms with Crippen LogP contribution in [-0.4, -0.2) is 111 Å². The Bertz CT molecular complexity index is 1970. The second-order valence-electron chi connectivity index (χ2n) is 17.1. The van der Waals surface area contributed by atoms with Crippen LogP contribution in [0.15, 0.2) is 30.3 Å². The first kappa shape index (κ1) is 42.7. The Morgan fingerprint density at radius 3 is 2.29 bits per heavy atom. The fourth-order valence-corrected chi connectivity index (χ4v) is 9.01. The first-order chi connectivity index (χ1) is 27.3. The van der Waals surface area contributed by atoms with E-state index in [4.69, 9.17) is 28.3 Å². The highest BCUT2D eigenvalue weighted by Gasteiger charge is 2.68. The third-order valence-electron chi connectivity index (χ3n) is 12.3. The molecule has 0 radical (unpaired) electrons. The van der Waals surface area contributed by atoms with Crippen molar-refractivity contribution >= 4 is 36.8 Å². The summed E-state index contributed by atoms with van der Waals surface area (Å²) in [7, 11) is 3.15. The summed E-state index contributed by atoms with van der Waals surface area (Å²) in [6.07, 6.45) is 1.36. The van der Waals surface area contributed by atoms with Gasteiger partial charge in [-0.2, -0.15) is 0 Å². The van der Waals surface area contributed by atoms with E-state index in [9.17, 15) is 24.0 Å². The lowest BCUT2D eigenvalue weighted by Crippen LogP contribution is -2.65. The summed E-state index contributed by atoms with van der Waals surface area (Å²) in [5.74, 6) is -4.23. The summed E-state index contributed by atoms with van der Waals surface area (Å²) in [5, 5.41) is 5.69. The Hall–Kier alpha value is -4.90. The van der Waals surface area contributed by atoms with Gasteiger partial charge in [0.25, 0.3) is 0 Å². The van der Waals surface area contributed by atoms with Crippen LogP contribution >= 0.6 is 0 Å². The second kappa shape index (κ2) is 16.0. The number of nitrogens with zero attached hydrogens (tertiary/aromatic N) is 2. The monoisotopic (exact) mass is 808 g/mol. The summed E-state index contributed by atoms with van der Waals surface area (Å²) in [6.45, 7) is 13.5. The first-order valence-electron chi connectivity index (χ1n) is 19.6. The van der Waals surface area contributed by atoms with Crippen molar-refractivity contribution in [1.29, 1.82) is 0 Å². The molecular formula is C41H54BFN4O11. The summed E-state index contributed by atoms with van der Waals surface area (Å²) in [4.78, 5) is 69.8. The normalized spacial score (nSPS) is 24.6.